The van der Waals surface area contributed by atoms with Crippen LogP contribution in [0.2, 0.25) is 0 Å². The lowest BCUT2D eigenvalue weighted by Gasteiger charge is -2.09. The van der Waals surface area contributed by atoms with E-state index in [9.17, 15) is 4.21 Å². The molecular formula is C15H20N2OS. The number of benzene rings is 1. The van der Waals surface area contributed by atoms with Crippen molar-refractivity contribution in [2.45, 2.75) is 19.9 Å². The number of pyridine rings is 1. The molecule has 3 nitrogen and oxygen atoms in total. The third kappa shape index (κ3) is 4.11. The van der Waals surface area contributed by atoms with Gasteiger partial charge in [0.2, 0.25) is 0 Å². The van der Waals surface area contributed by atoms with Gasteiger partial charge in [0, 0.05) is 40.4 Å². The van der Waals surface area contributed by atoms with Crippen molar-refractivity contribution in [2.75, 3.05) is 18.6 Å². The van der Waals surface area contributed by atoms with Crippen LogP contribution in [0.5, 0.6) is 0 Å². The first-order chi connectivity index (χ1) is 9.16. The lowest BCUT2D eigenvalue weighted by Crippen LogP contribution is -2.17. The molecule has 4 heteroatoms. The highest BCUT2D eigenvalue weighted by Crippen LogP contribution is 2.17. The minimum atomic E-state index is -0.689. The van der Waals surface area contributed by atoms with Gasteiger partial charge in [-0.25, -0.2) is 0 Å². The van der Waals surface area contributed by atoms with Crippen molar-refractivity contribution in [3.05, 3.63) is 41.6 Å². The number of hydrogen-bond acceptors (Lipinski definition) is 3. The molecule has 0 spiro atoms. The van der Waals surface area contributed by atoms with Gasteiger partial charge in [-0.2, -0.15) is 0 Å². The second-order valence-electron chi connectivity index (χ2n) is 4.75. The molecule has 1 unspecified atom stereocenters. The zero-order chi connectivity index (χ0) is 13.7. The van der Waals surface area contributed by atoms with Crippen LogP contribution >= 0.6 is 0 Å². The van der Waals surface area contributed by atoms with Crippen molar-refractivity contribution >= 4 is 21.7 Å². The number of para-hydroxylation sites is 1. The van der Waals surface area contributed by atoms with Crippen LogP contribution in [0.3, 0.4) is 0 Å². The molecule has 1 aromatic carbocycles. The summed E-state index contributed by atoms with van der Waals surface area (Å²) in [5.41, 5.74) is 3.37. The standard InChI is InChI=1S/C15H20N2OS/c1-12-10-13(11-16-8-5-9-19(2)18)14-6-3-4-7-15(14)17-12/h3-4,6-7,10,16H,5,8-9,11H2,1-2H3. The molecule has 0 saturated heterocycles. The summed E-state index contributed by atoms with van der Waals surface area (Å²) in [5.74, 6) is 0.767. The summed E-state index contributed by atoms with van der Waals surface area (Å²) in [6, 6.07) is 10.4. The van der Waals surface area contributed by atoms with Gasteiger partial charge in [-0.05, 0) is 37.6 Å². The minimum Gasteiger partial charge on any atom is -0.313 e. The van der Waals surface area contributed by atoms with Crippen LogP contribution in [-0.2, 0) is 17.3 Å². The van der Waals surface area contributed by atoms with Gasteiger partial charge < -0.3 is 5.32 Å². The zero-order valence-corrected chi connectivity index (χ0v) is 12.3. The smallest absolute Gasteiger partial charge is 0.0708 e. The number of aromatic nitrogens is 1. The first-order valence-electron chi connectivity index (χ1n) is 6.53. The van der Waals surface area contributed by atoms with E-state index < -0.39 is 10.8 Å². The molecule has 0 aliphatic heterocycles. The van der Waals surface area contributed by atoms with Gasteiger partial charge in [0.15, 0.2) is 0 Å². The van der Waals surface area contributed by atoms with E-state index in [1.165, 1.54) is 10.9 Å². The molecule has 102 valence electrons. The fourth-order valence-corrected chi connectivity index (χ4v) is 2.72. The third-order valence-corrected chi connectivity index (χ3v) is 3.89. The summed E-state index contributed by atoms with van der Waals surface area (Å²) < 4.78 is 11.0. The van der Waals surface area contributed by atoms with E-state index in [4.69, 9.17) is 0 Å². The number of fused-ring (bicyclic) bond motifs is 1. The van der Waals surface area contributed by atoms with Crippen LogP contribution in [0.15, 0.2) is 30.3 Å². The summed E-state index contributed by atoms with van der Waals surface area (Å²) in [6.07, 6.45) is 2.70. The lowest BCUT2D eigenvalue weighted by molar-refractivity contribution is 0.663. The van der Waals surface area contributed by atoms with Crippen molar-refractivity contribution in [1.82, 2.24) is 10.3 Å². The Labute approximate surface area is 116 Å². The summed E-state index contributed by atoms with van der Waals surface area (Å²) >= 11 is 0. The van der Waals surface area contributed by atoms with Crippen molar-refractivity contribution in [3.8, 4) is 0 Å². The maximum Gasteiger partial charge on any atom is 0.0708 e. The molecule has 0 aliphatic carbocycles. The van der Waals surface area contributed by atoms with E-state index in [0.29, 0.717) is 0 Å². The van der Waals surface area contributed by atoms with Crippen molar-refractivity contribution < 1.29 is 4.21 Å². The van der Waals surface area contributed by atoms with Gasteiger partial charge in [-0.1, -0.05) is 18.2 Å². The first kappa shape index (κ1) is 14.2. The second kappa shape index (κ2) is 6.78. The zero-order valence-electron chi connectivity index (χ0n) is 11.5. The summed E-state index contributed by atoms with van der Waals surface area (Å²) in [6.45, 7) is 3.76. The molecule has 0 saturated carbocycles. The van der Waals surface area contributed by atoms with E-state index in [2.05, 4.69) is 22.4 Å². The molecule has 0 bridgehead atoms. The molecule has 0 aliphatic rings. The van der Waals surface area contributed by atoms with E-state index in [1.807, 2.05) is 25.1 Å². The van der Waals surface area contributed by atoms with Crippen molar-refractivity contribution in [1.29, 1.82) is 0 Å². The highest BCUT2D eigenvalue weighted by molar-refractivity contribution is 7.84. The fraction of sp³-hybridized carbons (Fsp3) is 0.400. The normalized spacial score (nSPS) is 12.7. The summed E-state index contributed by atoms with van der Waals surface area (Å²) in [7, 11) is -0.689. The van der Waals surface area contributed by atoms with Crippen LogP contribution in [0.4, 0.5) is 0 Å². The maximum atomic E-state index is 11.0. The molecule has 1 atom stereocenters. The predicted molar refractivity (Wildman–Crippen MR) is 81.7 cm³/mol. The van der Waals surface area contributed by atoms with Crippen molar-refractivity contribution in [2.24, 2.45) is 0 Å². The molecule has 1 heterocycles. The third-order valence-electron chi connectivity index (χ3n) is 3.03. The van der Waals surface area contributed by atoms with Crippen molar-refractivity contribution in [3.63, 3.8) is 0 Å². The monoisotopic (exact) mass is 276 g/mol. The number of nitrogens with zero attached hydrogens (tertiary/aromatic N) is 1. The topological polar surface area (TPSA) is 42.0 Å². The van der Waals surface area contributed by atoms with Crippen LogP contribution in [-0.4, -0.2) is 27.7 Å². The fourth-order valence-electron chi connectivity index (χ4n) is 2.16. The summed E-state index contributed by atoms with van der Waals surface area (Å²) in [4.78, 5) is 4.54. The van der Waals surface area contributed by atoms with Crippen LogP contribution in [0.1, 0.15) is 17.7 Å². The van der Waals surface area contributed by atoms with Gasteiger partial charge in [-0.3, -0.25) is 9.19 Å². The van der Waals surface area contributed by atoms with E-state index in [-0.39, 0.29) is 0 Å². The van der Waals surface area contributed by atoms with E-state index >= 15 is 0 Å². The van der Waals surface area contributed by atoms with Gasteiger partial charge >= 0.3 is 0 Å². The Balaban J connectivity index is 2.02. The van der Waals surface area contributed by atoms with Gasteiger partial charge in [-0.15, -0.1) is 0 Å². The highest BCUT2D eigenvalue weighted by atomic mass is 32.2. The Bertz CT molecular complexity index is 583. The molecular weight excluding hydrogens is 256 g/mol. The quantitative estimate of drug-likeness (QED) is 0.824. The number of aryl methyl sites for hydroxylation is 1. The van der Waals surface area contributed by atoms with Crippen LogP contribution in [0.25, 0.3) is 10.9 Å². The Kier molecular flexibility index (Phi) is 5.05. The minimum absolute atomic E-state index is 0.689. The Morgan fingerprint density at radius 3 is 2.89 bits per heavy atom. The number of hydrogen-bond donors (Lipinski definition) is 1. The molecule has 19 heavy (non-hydrogen) atoms. The number of nitrogens with one attached hydrogen (secondary N) is 1. The lowest BCUT2D eigenvalue weighted by atomic mass is 10.1. The molecule has 1 N–H and O–H groups in total. The molecule has 2 aromatic rings. The Morgan fingerprint density at radius 1 is 1.32 bits per heavy atom. The molecule has 0 fully saturated rings. The summed E-state index contributed by atoms with van der Waals surface area (Å²) in [5, 5.41) is 4.62. The van der Waals surface area contributed by atoms with Crippen LogP contribution in [0, 0.1) is 6.92 Å². The van der Waals surface area contributed by atoms with Crippen LogP contribution < -0.4 is 5.32 Å². The first-order valence-corrected chi connectivity index (χ1v) is 8.25. The molecule has 1 aromatic heterocycles. The largest absolute Gasteiger partial charge is 0.313 e. The number of rotatable bonds is 6. The van der Waals surface area contributed by atoms with Gasteiger partial charge in [0.05, 0.1) is 5.52 Å². The van der Waals surface area contributed by atoms with E-state index in [1.54, 1.807) is 6.26 Å². The SMILES string of the molecule is Cc1cc(CNCCCS(C)=O)c2ccccc2n1. The molecule has 2 rings (SSSR count). The molecule has 0 amide bonds. The Morgan fingerprint density at radius 2 is 2.11 bits per heavy atom. The average Bonchev–Trinajstić information content (AvgIpc) is 2.37. The average molecular weight is 276 g/mol. The Hall–Kier alpha value is -1.26. The van der Waals surface area contributed by atoms with E-state index in [0.717, 1.165) is 36.5 Å². The van der Waals surface area contributed by atoms with Gasteiger partial charge in [0.1, 0.15) is 0 Å². The molecule has 0 radical (unpaired) electrons. The highest BCUT2D eigenvalue weighted by Gasteiger charge is 2.03. The maximum absolute atomic E-state index is 11.0. The second-order valence-corrected chi connectivity index (χ2v) is 6.30. The van der Waals surface area contributed by atoms with Gasteiger partial charge in [0.25, 0.3) is 0 Å². The predicted octanol–water partition coefficient (Wildman–Crippen LogP) is 2.40.